The van der Waals surface area contributed by atoms with Crippen LogP contribution in [0.15, 0.2) is 64.4 Å². The van der Waals surface area contributed by atoms with E-state index in [4.69, 9.17) is 4.74 Å². The Hall–Kier alpha value is -2.25. The van der Waals surface area contributed by atoms with E-state index in [1.54, 1.807) is 31.0 Å². The second-order valence-electron chi connectivity index (χ2n) is 5.45. The highest BCUT2D eigenvalue weighted by Crippen LogP contribution is 2.23. The molecule has 0 saturated heterocycles. The highest BCUT2D eigenvalue weighted by atomic mass is 79.9. The van der Waals surface area contributed by atoms with E-state index in [-0.39, 0.29) is 5.91 Å². The van der Waals surface area contributed by atoms with E-state index >= 15 is 0 Å². The van der Waals surface area contributed by atoms with Crippen LogP contribution in [0.3, 0.4) is 0 Å². The lowest BCUT2D eigenvalue weighted by atomic mass is 10.2. The Balaban J connectivity index is 1.48. The van der Waals surface area contributed by atoms with Crippen LogP contribution in [-0.4, -0.2) is 35.3 Å². The molecular weight excluding hydrogens is 414 g/mol. The first kappa shape index (κ1) is 18.5. The van der Waals surface area contributed by atoms with Gasteiger partial charge < -0.3 is 15.0 Å². The Morgan fingerprint density at radius 2 is 2.08 bits per heavy atom. The van der Waals surface area contributed by atoms with Gasteiger partial charge in [-0.25, -0.2) is 4.98 Å². The van der Waals surface area contributed by atoms with Crippen molar-refractivity contribution in [2.75, 3.05) is 19.4 Å². The zero-order chi connectivity index (χ0) is 18.4. The first-order valence-electron chi connectivity index (χ1n) is 8.02. The van der Waals surface area contributed by atoms with Crippen molar-refractivity contribution < 1.29 is 9.53 Å². The fourth-order valence-corrected chi connectivity index (χ4v) is 3.44. The van der Waals surface area contributed by atoms with Crippen LogP contribution in [-0.2, 0) is 0 Å². The van der Waals surface area contributed by atoms with E-state index in [9.17, 15) is 4.79 Å². The number of thioether (sulfide) groups is 1. The number of rotatable bonds is 7. The summed E-state index contributed by atoms with van der Waals surface area (Å²) in [7, 11) is 1.65. The van der Waals surface area contributed by atoms with Crippen molar-refractivity contribution in [2.45, 2.75) is 5.16 Å². The van der Waals surface area contributed by atoms with Gasteiger partial charge in [0.25, 0.3) is 5.91 Å². The average molecular weight is 432 g/mol. The largest absolute Gasteiger partial charge is 0.497 e. The molecule has 2 N–H and O–H groups in total. The number of methoxy groups -OCH3 is 1. The van der Waals surface area contributed by atoms with Gasteiger partial charge in [-0.15, -0.1) is 0 Å². The van der Waals surface area contributed by atoms with E-state index in [1.165, 1.54) is 0 Å². The number of aromatic nitrogens is 2. The molecule has 0 aliphatic carbocycles. The normalized spacial score (nSPS) is 10.5. The standard InChI is InChI=1S/C19H18BrN3O2S/c1-25-16-7-5-13(6-8-16)17-12-22-19(23-17)26-10-9-21-18(24)14-3-2-4-15(20)11-14/h2-8,11-12H,9-10H2,1H3,(H,21,24)(H,22,23). The fraction of sp³-hybridized carbons (Fsp3) is 0.158. The number of H-pyrrole nitrogens is 1. The Bertz CT molecular complexity index is 881. The Kier molecular flexibility index (Phi) is 6.35. The van der Waals surface area contributed by atoms with Crippen LogP contribution in [0, 0.1) is 0 Å². The maximum atomic E-state index is 12.1. The summed E-state index contributed by atoms with van der Waals surface area (Å²) in [4.78, 5) is 19.7. The van der Waals surface area contributed by atoms with Crippen LogP contribution in [0.4, 0.5) is 0 Å². The van der Waals surface area contributed by atoms with Gasteiger partial charge in [0.05, 0.1) is 19.0 Å². The summed E-state index contributed by atoms with van der Waals surface area (Å²) in [6.45, 7) is 0.564. The molecule has 2 aromatic carbocycles. The van der Waals surface area contributed by atoms with Gasteiger partial charge in [0.2, 0.25) is 0 Å². The highest BCUT2D eigenvalue weighted by Gasteiger charge is 2.07. The molecular formula is C19H18BrN3O2S. The summed E-state index contributed by atoms with van der Waals surface area (Å²) in [5.74, 6) is 1.48. The molecule has 1 aromatic heterocycles. The van der Waals surface area contributed by atoms with Crippen molar-refractivity contribution in [3.63, 3.8) is 0 Å². The maximum absolute atomic E-state index is 12.1. The van der Waals surface area contributed by atoms with Crippen molar-refractivity contribution in [3.05, 3.63) is 64.8 Å². The van der Waals surface area contributed by atoms with Gasteiger partial charge in [-0.2, -0.15) is 0 Å². The minimum atomic E-state index is -0.0785. The van der Waals surface area contributed by atoms with Crippen LogP contribution in [0.5, 0.6) is 5.75 Å². The van der Waals surface area contributed by atoms with Gasteiger partial charge in [-0.05, 0) is 48.0 Å². The Labute approximate surface area is 164 Å². The van der Waals surface area contributed by atoms with Gasteiger partial charge >= 0.3 is 0 Å². The van der Waals surface area contributed by atoms with E-state index in [0.29, 0.717) is 12.1 Å². The first-order chi connectivity index (χ1) is 12.7. The van der Waals surface area contributed by atoms with Crippen LogP contribution >= 0.6 is 27.7 Å². The number of halogens is 1. The molecule has 0 aliphatic rings. The van der Waals surface area contributed by atoms with Crippen molar-refractivity contribution in [2.24, 2.45) is 0 Å². The molecule has 0 fully saturated rings. The number of nitrogens with one attached hydrogen (secondary N) is 2. The number of benzene rings is 2. The van der Waals surface area contributed by atoms with Crippen molar-refractivity contribution >= 4 is 33.6 Å². The topological polar surface area (TPSA) is 67.0 Å². The lowest BCUT2D eigenvalue weighted by molar-refractivity contribution is 0.0956. The smallest absolute Gasteiger partial charge is 0.251 e. The molecule has 1 amide bonds. The van der Waals surface area contributed by atoms with Gasteiger partial charge in [-0.3, -0.25) is 4.79 Å². The molecule has 0 radical (unpaired) electrons. The predicted molar refractivity (Wildman–Crippen MR) is 108 cm³/mol. The minimum Gasteiger partial charge on any atom is -0.497 e. The van der Waals surface area contributed by atoms with Crippen LogP contribution in [0.25, 0.3) is 11.3 Å². The molecule has 134 valence electrons. The second kappa shape index (κ2) is 8.91. The number of amides is 1. The van der Waals surface area contributed by atoms with Crippen molar-refractivity contribution in [1.82, 2.24) is 15.3 Å². The summed E-state index contributed by atoms with van der Waals surface area (Å²) in [5.41, 5.74) is 2.64. The van der Waals surface area contributed by atoms with E-state index in [1.807, 2.05) is 42.6 Å². The van der Waals surface area contributed by atoms with Gasteiger partial charge in [0, 0.05) is 22.3 Å². The van der Waals surface area contributed by atoms with Crippen LogP contribution < -0.4 is 10.1 Å². The molecule has 26 heavy (non-hydrogen) atoms. The average Bonchev–Trinajstić information content (AvgIpc) is 3.14. The zero-order valence-electron chi connectivity index (χ0n) is 14.2. The second-order valence-corrected chi connectivity index (χ2v) is 7.44. The number of carbonyl (C=O) groups is 1. The molecule has 1 heterocycles. The van der Waals surface area contributed by atoms with E-state index in [0.717, 1.165) is 32.4 Å². The van der Waals surface area contributed by atoms with Gasteiger partial charge in [-0.1, -0.05) is 33.8 Å². The molecule has 0 aliphatic heterocycles. The third-order valence-corrected chi connectivity index (χ3v) is 5.05. The van der Waals surface area contributed by atoms with Crippen LogP contribution in [0.1, 0.15) is 10.4 Å². The summed E-state index contributed by atoms with van der Waals surface area (Å²) in [6, 6.07) is 15.1. The monoisotopic (exact) mass is 431 g/mol. The highest BCUT2D eigenvalue weighted by molar-refractivity contribution is 9.10. The van der Waals surface area contributed by atoms with E-state index < -0.39 is 0 Å². The molecule has 5 nitrogen and oxygen atoms in total. The first-order valence-corrected chi connectivity index (χ1v) is 9.79. The molecule has 0 unspecified atom stereocenters. The van der Waals surface area contributed by atoms with Gasteiger partial charge in [0.1, 0.15) is 5.75 Å². The lowest BCUT2D eigenvalue weighted by Gasteiger charge is -2.04. The fourth-order valence-electron chi connectivity index (χ4n) is 2.34. The number of ether oxygens (including phenoxy) is 1. The van der Waals surface area contributed by atoms with E-state index in [2.05, 4.69) is 31.2 Å². The summed E-state index contributed by atoms with van der Waals surface area (Å²) < 4.78 is 6.06. The summed E-state index contributed by atoms with van der Waals surface area (Å²) >= 11 is 4.94. The summed E-state index contributed by atoms with van der Waals surface area (Å²) in [5, 5.41) is 3.74. The summed E-state index contributed by atoms with van der Waals surface area (Å²) in [6.07, 6.45) is 1.81. The number of carbonyl (C=O) groups excluding carboxylic acids is 1. The third kappa shape index (κ3) is 4.89. The molecule has 3 aromatic rings. The van der Waals surface area contributed by atoms with Crippen molar-refractivity contribution in [1.29, 1.82) is 0 Å². The number of nitrogens with zero attached hydrogens (tertiary/aromatic N) is 1. The third-order valence-electron chi connectivity index (χ3n) is 3.67. The SMILES string of the molecule is COc1ccc(-c2cnc(SCCNC(=O)c3cccc(Br)c3)[nH]2)cc1. The Morgan fingerprint density at radius 1 is 1.27 bits per heavy atom. The Morgan fingerprint density at radius 3 is 2.81 bits per heavy atom. The number of hydrogen-bond donors (Lipinski definition) is 2. The van der Waals surface area contributed by atoms with Crippen LogP contribution in [0.2, 0.25) is 0 Å². The number of imidazole rings is 1. The molecule has 0 atom stereocenters. The zero-order valence-corrected chi connectivity index (χ0v) is 16.6. The number of aromatic amines is 1. The molecule has 0 spiro atoms. The number of hydrogen-bond acceptors (Lipinski definition) is 4. The molecule has 7 heteroatoms. The molecule has 3 rings (SSSR count). The molecule has 0 bridgehead atoms. The van der Waals surface area contributed by atoms with Gasteiger partial charge in [0.15, 0.2) is 5.16 Å². The lowest BCUT2D eigenvalue weighted by Crippen LogP contribution is -2.25. The minimum absolute atomic E-state index is 0.0785. The maximum Gasteiger partial charge on any atom is 0.251 e. The quantitative estimate of drug-likeness (QED) is 0.430. The predicted octanol–water partition coefficient (Wildman–Crippen LogP) is 4.37. The molecule has 0 saturated carbocycles. The van der Waals surface area contributed by atoms with Crippen molar-refractivity contribution in [3.8, 4) is 17.0 Å².